The molecule has 0 aliphatic carbocycles. The van der Waals surface area contributed by atoms with Crippen LogP contribution in [0, 0.1) is 5.41 Å². The lowest BCUT2D eigenvalue weighted by Crippen LogP contribution is -2.38. The zero-order valence-electron chi connectivity index (χ0n) is 13.1. The second-order valence-electron chi connectivity index (χ2n) is 6.83. The zero-order valence-corrected chi connectivity index (χ0v) is 13.9. The number of piperidine rings is 1. The van der Waals surface area contributed by atoms with Gasteiger partial charge in [0.05, 0.1) is 5.75 Å². The quantitative estimate of drug-likeness (QED) is 0.813. The van der Waals surface area contributed by atoms with Crippen molar-refractivity contribution >= 4 is 17.7 Å². The first kappa shape index (κ1) is 15.9. The van der Waals surface area contributed by atoms with Gasteiger partial charge in [-0.25, -0.2) is 0 Å². The van der Waals surface area contributed by atoms with Crippen LogP contribution in [0.3, 0.4) is 0 Å². The Morgan fingerprint density at radius 3 is 2.65 bits per heavy atom. The van der Waals surface area contributed by atoms with Gasteiger partial charge in [0, 0.05) is 18.3 Å². The Morgan fingerprint density at radius 2 is 2.10 bits per heavy atom. The number of nitrogens with one attached hydrogen (secondary N) is 1. The van der Waals surface area contributed by atoms with E-state index in [-0.39, 0.29) is 5.41 Å². The fourth-order valence-corrected chi connectivity index (χ4v) is 3.95. The third kappa shape index (κ3) is 4.52. The maximum atomic E-state index is 12.3. The van der Waals surface area contributed by atoms with Gasteiger partial charge in [0.25, 0.3) is 0 Å². The SMILES string of the molecule is CC(C)(C)C1=CCN(C(=O)CSC2CCNCC2)CC1. The molecule has 0 spiro atoms. The number of carbonyl (C=O) groups excluding carboxylic acids is 1. The van der Waals surface area contributed by atoms with Crippen molar-refractivity contribution < 1.29 is 4.79 Å². The Bertz CT molecular complexity index is 367. The van der Waals surface area contributed by atoms with Crippen molar-refractivity contribution in [3.05, 3.63) is 11.6 Å². The number of amides is 1. The maximum Gasteiger partial charge on any atom is 0.232 e. The van der Waals surface area contributed by atoms with Gasteiger partial charge < -0.3 is 10.2 Å². The molecule has 2 heterocycles. The number of carbonyl (C=O) groups is 1. The lowest BCUT2D eigenvalue weighted by atomic mass is 9.83. The zero-order chi connectivity index (χ0) is 14.6. The van der Waals surface area contributed by atoms with Crippen LogP contribution in [0.4, 0.5) is 0 Å². The van der Waals surface area contributed by atoms with E-state index >= 15 is 0 Å². The van der Waals surface area contributed by atoms with E-state index in [0.29, 0.717) is 16.9 Å². The van der Waals surface area contributed by atoms with Gasteiger partial charge >= 0.3 is 0 Å². The lowest BCUT2D eigenvalue weighted by molar-refractivity contribution is -0.128. The molecule has 0 radical (unpaired) electrons. The number of hydrogen-bond acceptors (Lipinski definition) is 3. The highest BCUT2D eigenvalue weighted by molar-refractivity contribution is 8.00. The largest absolute Gasteiger partial charge is 0.338 e. The molecule has 0 aromatic rings. The molecular formula is C16H28N2OS. The van der Waals surface area contributed by atoms with E-state index in [4.69, 9.17) is 0 Å². The minimum atomic E-state index is 0.249. The predicted octanol–water partition coefficient (Wildman–Crippen LogP) is 2.68. The van der Waals surface area contributed by atoms with E-state index < -0.39 is 0 Å². The Kier molecular flexibility index (Phi) is 5.56. The predicted molar refractivity (Wildman–Crippen MR) is 87.1 cm³/mol. The Morgan fingerprint density at radius 1 is 1.40 bits per heavy atom. The van der Waals surface area contributed by atoms with Gasteiger partial charge in [-0.15, -0.1) is 11.8 Å². The van der Waals surface area contributed by atoms with Crippen LogP contribution in [0.2, 0.25) is 0 Å². The Hall–Kier alpha value is -0.480. The van der Waals surface area contributed by atoms with Crippen LogP contribution in [0.15, 0.2) is 11.6 Å². The van der Waals surface area contributed by atoms with Crippen LogP contribution < -0.4 is 5.32 Å². The highest BCUT2D eigenvalue weighted by atomic mass is 32.2. The molecule has 3 nitrogen and oxygen atoms in total. The first-order valence-electron chi connectivity index (χ1n) is 7.76. The fraction of sp³-hybridized carbons (Fsp3) is 0.812. The summed E-state index contributed by atoms with van der Waals surface area (Å²) in [5.41, 5.74) is 1.74. The van der Waals surface area contributed by atoms with E-state index in [0.717, 1.165) is 32.6 Å². The van der Waals surface area contributed by atoms with Crippen molar-refractivity contribution in [1.82, 2.24) is 10.2 Å². The van der Waals surface area contributed by atoms with Crippen molar-refractivity contribution in [2.45, 2.75) is 45.3 Å². The van der Waals surface area contributed by atoms with Gasteiger partial charge in [0.2, 0.25) is 5.91 Å². The van der Waals surface area contributed by atoms with Crippen LogP contribution in [0.5, 0.6) is 0 Å². The summed E-state index contributed by atoms with van der Waals surface area (Å²) in [6.45, 7) is 10.7. The van der Waals surface area contributed by atoms with E-state index in [1.54, 1.807) is 0 Å². The average molecular weight is 296 g/mol. The van der Waals surface area contributed by atoms with Gasteiger partial charge in [-0.05, 0) is 37.8 Å². The molecule has 2 rings (SSSR count). The summed E-state index contributed by atoms with van der Waals surface area (Å²) in [6, 6.07) is 0. The summed E-state index contributed by atoms with van der Waals surface area (Å²) in [5, 5.41) is 4.04. The molecule has 2 aliphatic heterocycles. The van der Waals surface area contributed by atoms with E-state index in [1.165, 1.54) is 18.4 Å². The smallest absolute Gasteiger partial charge is 0.232 e. The molecule has 20 heavy (non-hydrogen) atoms. The average Bonchev–Trinajstić information content (AvgIpc) is 2.45. The summed E-state index contributed by atoms with van der Waals surface area (Å²) in [6.07, 6.45) is 5.70. The summed E-state index contributed by atoms with van der Waals surface area (Å²) in [4.78, 5) is 14.3. The summed E-state index contributed by atoms with van der Waals surface area (Å²) in [5.74, 6) is 0.973. The first-order chi connectivity index (χ1) is 9.47. The number of hydrogen-bond donors (Lipinski definition) is 1. The van der Waals surface area contributed by atoms with Crippen LogP contribution in [-0.4, -0.2) is 48.0 Å². The van der Waals surface area contributed by atoms with Crippen molar-refractivity contribution in [2.24, 2.45) is 5.41 Å². The van der Waals surface area contributed by atoms with E-state index in [2.05, 4.69) is 32.2 Å². The normalized spacial score (nSPS) is 21.8. The molecule has 0 aromatic heterocycles. The summed E-state index contributed by atoms with van der Waals surface area (Å²) < 4.78 is 0. The molecule has 0 unspecified atom stereocenters. The van der Waals surface area contributed by atoms with Crippen molar-refractivity contribution in [2.75, 3.05) is 31.9 Å². The molecule has 114 valence electrons. The maximum absolute atomic E-state index is 12.3. The van der Waals surface area contributed by atoms with Crippen LogP contribution in [0.25, 0.3) is 0 Å². The Balaban J connectivity index is 1.75. The molecule has 1 N–H and O–H groups in total. The summed E-state index contributed by atoms with van der Waals surface area (Å²) >= 11 is 1.85. The second-order valence-corrected chi connectivity index (χ2v) is 8.12. The first-order valence-corrected chi connectivity index (χ1v) is 8.81. The standard InChI is InChI=1S/C16H28N2OS/c1-16(2,3)13-6-10-18(11-7-13)15(19)12-20-14-4-8-17-9-5-14/h6,14,17H,4-5,7-12H2,1-3H3. The topological polar surface area (TPSA) is 32.3 Å². The molecule has 4 heteroatoms. The third-order valence-corrected chi connectivity index (χ3v) is 5.61. The van der Waals surface area contributed by atoms with Gasteiger partial charge in [0.1, 0.15) is 0 Å². The second kappa shape index (κ2) is 6.99. The molecule has 0 saturated carbocycles. The van der Waals surface area contributed by atoms with Gasteiger partial charge in [-0.2, -0.15) is 0 Å². The molecule has 0 aromatic carbocycles. The molecule has 1 saturated heterocycles. The van der Waals surface area contributed by atoms with Gasteiger partial charge in [-0.1, -0.05) is 32.4 Å². The van der Waals surface area contributed by atoms with Crippen LogP contribution in [0.1, 0.15) is 40.0 Å². The lowest BCUT2D eigenvalue weighted by Gasteiger charge is -2.32. The highest BCUT2D eigenvalue weighted by Gasteiger charge is 2.24. The molecule has 2 aliphatic rings. The highest BCUT2D eigenvalue weighted by Crippen LogP contribution is 2.30. The monoisotopic (exact) mass is 296 g/mol. The van der Waals surface area contributed by atoms with Gasteiger partial charge in [-0.3, -0.25) is 4.79 Å². The molecular weight excluding hydrogens is 268 g/mol. The van der Waals surface area contributed by atoms with E-state index in [1.807, 2.05) is 16.7 Å². The molecule has 0 atom stereocenters. The number of rotatable bonds is 3. The van der Waals surface area contributed by atoms with Crippen LogP contribution >= 0.6 is 11.8 Å². The number of thioether (sulfide) groups is 1. The van der Waals surface area contributed by atoms with Crippen molar-refractivity contribution in [3.63, 3.8) is 0 Å². The fourth-order valence-electron chi connectivity index (χ4n) is 2.82. The third-order valence-electron chi connectivity index (χ3n) is 4.25. The van der Waals surface area contributed by atoms with Crippen molar-refractivity contribution in [1.29, 1.82) is 0 Å². The molecule has 1 amide bonds. The number of nitrogens with zero attached hydrogens (tertiary/aromatic N) is 1. The van der Waals surface area contributed by atoms with Crippen molar-refractivity contribution in [3.8, 4) is 0 Å². The minimum Gasteiger partial charge on any atom is -0.338 e. The molecule has 1 fully saturated rings. The van der Waals surface area contributed by atoms with E-state index in [9.17, 15) is 4.79 Å². The summed E-state index contributed by atoms with van der Waals surface area (Å²) in [7, 11) is 0. The van der Waals surface area contributed by atoms with Crippen LogP contribution in [-0.2, 0) is 4.79 Å². The Labute approximate surface area is 127 Å². The minimum absolute atomic E-state index is 0.249. The molecule has 0 bridgehead atoms. The van der Waals surface area contributed by atoms with Gasteiger partial charge in [0.15, 0.2) is 0 Å².